The monoisotopic (exact) mass is 586 g/mol. The maximum Gasteiger partial charge on any atom is 0.199 e. The van der Waals surface area contributed by atoms with E-state index in [0.717, 1.165) is 4.90 Å². The number of fused-ring (bicyclic) bond motifs is 1. The fourth-order valence-electron chi connectivity index (χ4n) is 4.33. The second-order valence-corrected chi connectivity index (χ2v) is 11.0. The van der Waals surface area contributed by atoms with Crippen LogP contribution in [0, 0.1) is 23.3 Å². The van der Waals surface area contributed by atoms with Gasteiger partial charge in [-0.2, -0.15) is 5.10 Å². The molecule has 0 unspecified atom stereocenters. The third-order valence-electron chi connectivity index (χ3n) is 6.27. The van der Waals surface area contributed by atoms with E-state index in [1.54, 1.807) is 24.3 Å². The van der Waals surface area contributed by atoms with Crippen LogP contribution in [0.25, 0.3) is 22.3 Å². The van der Waals surface area contributed by atoms with Gasteiger partial charge in [-0.25, -0.2) is 40.6 Å². The minimum atomic E-state index is -4.48. The topological polar surface area (TPSA) is 116 Å². The molecule has 5 aromatic rings. The third-order valence-corrected chi connectivity index (χ3v) is 7.38. The molecule has 0 saturated carbocycles. The number of hydrogen-bond donors (Lipinski definition) is 1. The average molecular weight is 587 g/mol. The molecule has 2 heterocycles. The number of hydrogen-bond acceptors (Lipinski definition) is 8. The number of anilines is 2. The number of nitrogens with zero attached hydrogens (tertiary/aromatic N) is 5. The Hall–Kier alpha value is -4.72. The normalized spacial score (nSPS) is 11.7. The van der Waals surface area contributed by atoms with Crippen molar-refractivity contribution >= 4 is 32.4 Å². The van der Waals surface area contributed by atoms with Crippen LogP contribution in [-0.4, -0.2) is 48.0 Å². The lowest BCUT2D eigenvalue weighted by Crippen LogP contribution is -2.27. The molecular weight excluding hydrogens is 564 g/mol. The lowest BCUT2D eigenvalue weighted by Gasteiger charge is -2.23. The van der Waals surface area contributed by atoms with Crippen molar-refractivity contribution in [2.24, 2.45) is 0 Å². The van der Waals surface area contributed by atoms with Gasteiger partial charge in [0.25, 0.3) is 0 Å². The van der Waals surface area contributed by atoms with E-state index < -0.39 is 43.7 Å². The van der Waals surface area contributed by atoms with E-state index in [-0.39, 0.29) is 18.9 Å². The van der Waals surface area contributed by atoms with E-state index in [1.807, 2.05) is 30.3 Å². The van der Waals surface area contributed by atoms with Crippen LogP contribution in [0.2, 0.25) is 0 Å². The van der Waals surface area contributed by atoms with Gasteiger partial charge in [-0.3, -0.25) is 0 Å². The molecule has 212 valence electrons. The van der Waals surface area contributed by atoms with E-state index in [9.17, 15) is 26.0 Å². The van der Waals surface area contributed by atoms with Crippen molar-refractivity contribution in [3.63, 3.8) is 0 Å². The number of para-hydroxylation sites is 1. The van der Waals surface area contributed by atoms with Gasteiger partial charge >= 0.3 is 0 Å². The fourth-order valence-corrected chi connectivity index (χ4v) is 5.34. The highest BCUT2D eigenvalue weighted by Crippen LogP contribution is 2.35. The minimum Gasteiger partial charge on any atom is -0.457 e. The summed E-state index contributed by atoms with van der Waals surface area (Å²) < 4.78 is 88.8. The van der Waals surface area contributed by atoms with Gasteiger partial charge in [0.05, 0.1) is 17.6 Å². The summed E-state index contributed by atoms with van der Waals surface area (Å²) in [6.07, 6.45) is 1.80. The Bertz CT molecular complexity index is 1870. The molecule has 2 aromatic heterocycles. The number of halogens is 4. The molecule has 0 spiro atoms. The Morgan fingerprint density at radius 1 is 0.902 bits per heavy atom. The molecule has 5 rings (SSSR count). The van der Waals surface area contributed by atoms with Crippen LogP contribution in [0.1, 0.15) is 0 Å². The molecule has 0 aliphatic carbocycles. The summed E-state index contributed by atoms with van der Waals surface area (Å²) in [6.45, 7) is -0.254. The van der Waals surface area contributed by atoms with Crippen LogP contribution >= 0.6 is 0 Å². The Kier molecular flexibility index (Phi) is 7.26. The molecule has 9 nitrogen and oxygen atoms in total. The van der Waals surface area contributed by atoms with Crippen LogP contribution < -0.4 is 15.4 Å². The predicted molar refractivity (Wildman–Crippen MR) is 144 cm³/mol. The van der Waals surface area contributed by atoms with Gasteiger partial charge in [0.15, 0.2) is 38.8 Å². The fraction of sp³-hybridized carbons (Fsp3) is 0.148. The zero-order valence-corrected chi connectivity index (χ0v) is 22.5. The lowest BCUT2D eigenvalue weighted by molar-refractivity contribution is 0.396. The quantitative estimate of drug-likeness (QED) is 0.117. The van der Waals surface area contributed by atoms with Crippen LogP contribution in [0.15, 0.2) is 65.8 Å². The summed E-state index contributed by atoms with van der Waals surface area (Å²) in [6, 6.07) is 16.2. The van der Waals surface area contributed by atoms with Crippen LogP contribution in [-0.2, 0) is 16.4 Å². The lowest BCUT2D eigenvalue weighted by atomic mass is 10.1. The van der Waals surface area contributed by atoms with Crippen LogP contribution in [0.5, 0.6) is 11.5 Å². The number of aromatic nitrogens is 4. The highest BCUT2D eigenvalue weighted by atomic mass is 32.2. The molecule has 0 saturated heterocycles. The van der Waals surface area contributed by atoms with Crippen molar-refractivity contribution in [2.45, 2.75) is 11.4 Å². The van der Waals surface area contributed by atoms with E-state index in [2.05, 4.69) is 15.1 Å². The van der Waals surface area contributed by atoms with Crippen LogP contribution in [0.4, 0.5) is 29.1 Å². The summed E-state index contributed by atoms with van der Waals surface area (Å²) in [5, 5.41) is 5.01. The van der Waals surface area contributed by atoms with Crippen molar-refractivity contribution in [2.75, 3.05) is 30.5 Å². The molecule has 0 aliphatic rings. The highest BCUT2D eigenvalue weighted by Gasteiger charge is 2.32. The predicted octanol–water partition coefficient (Wildman–Crippen LogP) is 4.96. The van der Waals surface area contributed by atoms with Crippen molar-refractivity contribution in [1.82, 2.24) is 19.7 Å². The van der Waals surface area contributed by atoms with Gasteiger partial charge in [0.2, 0.25) is 0 Å². The summed E-state index contributed by atoms with van der Waals surface area (Å²) in [5.41, 5.74) is 6.59. The number of sulfone groups is 1. The molecule has 3 aromatic carbocycles. The molecule has 14 heteroatoms. The standard InChI is InChI=1S/C27H22F4N6O3S/c1-36(24-21(30)19(28)20(29)22(31)25(24)41(2,38)39)12-13-37-27-18(26(32)33-14-34-27)23(35-37)15-8-10-17(11-9-15)40-16-6-4-3-5-7-16/h3-11,14H,12-13H2,1-2H3,(H2,32,33,34). The number of nitrogens with two attached hydrogens (primary N) is 1. The number of nitrogen functional groups attached to an aromatic ring is 1. The second-order valence-electron chi connectivity index (χ2n) is 9.10. The summed E-state index contributed by atoms with van der Waals surface area (Å²) in [4.78, 5) is 7.97. The second kappa shape index (κ2) is 10.7. The Balaban J connectivity index is 1.48. The summed E-state index contributed by atoms with van der Waals surface area (Å²) >= 11 is 0. The van der Waals surface area contributed by atoms with Gasteiger partial charge in [-0.1, -0.05) is 18.2 Å². The average Bonchev–Trinajstić information content (AvgIpc) is 3.32. The zero-order chi connectivity index (χ0) is 29.5. The summed E-state index contributed by atoms with van der Waals surface area (Å²) in [5.74, 6) is -6.78. The molecule has 2 N–H and O–H groups in total. The molecule has 0 fully saturated rings. The van der Waals surface area contributed by atoms with E-state index in [0.29, 0.717) is 40.0 Å². The molecule has 0 radical (unpaired) electrons. The Labute approximate surface area is 231 Å². The van der Waals surface area contributed by atoms with Crippen molar-refractivity contribution in [3.05, 3.63) is 84.2 Å². The van der Waals surface area contributed by atoms with Gasteiger partial charge in [0, 0.05) is 25.4 Å². The highest BCUT2D eigenvalue weighted by molar-refractivity contribution is 7.90. The Morgan fingerprint density at radius 3 is 2.20 bits per heavy atom. The number of rotatable bonds is 8. The SMILES string of the molecule is CN(CCn1nc(-c2ccc(Oc3ccccc3)cc2)c2c(N)ncnc21)c1c(F)c(F)c(F)c(F)c1S(C)(=O)=O. The summed E-state index contributed by atoms with van der Waals surface area (Å²) in [7, 11) is -3.27. The first kappa shape index (κ1) is 27.8. The van der Waals surface area contributed by atoms with E-state index in [1.165, 1.54) is 18.1 Å². The van der Waals surface area contributed by atoms with Crippen molar-refractivity contribution in [1.29, 1.82) is 0 Å². The number of ether oxygens (including phenoxy) is 1. The first-order chi connectivity index (χ1) is 19.5. The van der Waals surface area contributed by atoms with Crippen molar-refractivity contribution in [3.8, 4) is 22.8 Å². The first-order valence-corrected chi connectivity index (χ1v) is 13.9. The van der Waals surface area contributed by atoms with Gasteiger partial charge < -0.3 is 15.4 Å². The van der Waals surface area contributed by atoms with E-state index in [4.69, 9.17) is 10.5 Å². The molecule has 41 heavy (non-hydrogen) atoms. The molecule has 0 amide bonds. The Morgan fingerprint density at radius 2 is 1.54 bits per heavy atom. The van der Waals surface area contributed by atoms with Gasteiger partial charge in [0.1, 0.15) is 34.2 Å². The maximum atomic E-state index is 14.8. The smallest absolute Gasteiger partial charge is 0.199 e. The van der Waals surface area contributed by atoms with Gasteiger partial charge in [-0.15, -0.1) is 0 Å². The molecular formula is C27H22F4N6O3S. The number of benzene rings is 3. The molecule has 0 bridgehead atoms. The first-order valence-electron chi connectivity index (χ1n) is 12.0. The number of likely N-dealkylation sites (N-methyl/N-ethyl adjacent to an activating group) is 1. The van der Waals surface area contributed by atoms with Crippen molar-refractivity contribution < 1.29 is 30.7 Å². The largest absolute Gasteiger partial charge is 0.457 e. The maximum absolute atomic E-state index is 14.8. The molecule has 0 aliphatic heterocycles. The molecule has 0 atom stereocenters. The van der Waals surface area contributed by atoms with Gasteiger partial charge in [-0.05, 0) is 36.4 Å². The van der Waals surface area contributed by atoms with E-state index >= 15 is 0 Å². The zero-order valence-electron chi connectivity index (χ0n) is 21.6. The van der Waals surface area contributed by atoms with Crippen LogP contribution in [0.3, 0.4) is 0 Å². The minimum absolute atomic E-state index is 0.0537. The third kappa shape index (κ3) is 5.25.